The van der Waals surface area contributed by atoms with Gasteiger partial charge in [0.25, 0.3) is 0 Å². The monoisotopic (exact) mass is 386 g/mol. The van der Waals surface area contributed by atoms with Crippen molar-refractivity contribution in [2.45, 2.75) is 12.2 Å². The molecular weight excluding hydrogens is 375 g/mol. The molecule has 1 aliphatic rings. The molecule has 4 N–H and O–H groups in total. The quantitative estimate of drug-likeness (QED) is 0.314. The SMILES string of the molecule is O=C1O[C@H]([C@@H](O)CO)C(O)=C1O.[PbH2]. The molecule has 1 rings (SSSR count). The van der Waals surface area contributed by atoms with E-state index in [9.17, 15) is 4.79 Å². The molecule has 0 aliphatic carbocycles. The number of ether oxygens (including phenoxy) is 1. The Morgan fingerprint density at radius 3 is 2.31 bits per heavy atom. The second kappa shape index (κ2) is 4.77. The molecule has 7 heteroatoms. The van der Waals surface area contributed by atoms with Crippen LogP contribution in [0, 0.1) is 0 Å². The van der Waals surface area contributed by atoms with Crippen molar-refractivity contribution in [3.63, 3.8) is 0 Å². The van der Waals surface area contributed by atoms with Gasteiger partial charge in [0.15, 0.2) is 11.9 Å². The van der Waals surface area contributed by atoms with E-state index >= 15 is 0 Å². The average Bonchev–Trinajstić information content (AvgIpc) is 2.32. The van der Waals surface area contributed by atoms with Crippen LogP contribution in [0.4, 0.5) is 0 Å². The fourth-order valence-corrected chi connectivity index (χ4v) is 0.823. The molecule has 0 fully saturated rings. The summed E-state index contributed by atoms with van der Waals surface area (Å²) in [4.78, 5) is 10.5. The molecule has 6 nitrogen and oxygen atoms in total. The van der Waals surface area contributed by atoms with Gasteiger partial charge >= 0.3 is 33.3 Å². The Morgan fingerprint density at radius 2 is 2.00 bits per heavy atom. The van der Waals surface area contributed by atoms with Crippen molar-refractivity contribution < 1.29 is 30.0 Å². The second-order valence-electron chi connectivity index (χ2n) is 2.31. The molecule has 0 saturated heterocycles. The number of rotatable bonds is 2. The predicted octanol–water partition coefficient (Wildman–Crippen LogP) is -2.32. The van der Waals surface area contributed by atoms with E-state index in [1.807, 2.05) is 0 Å². The van der Waals surface area contributed by atoms with Gasteiger partial charge < -0.3 is 25.2 Å². The fourth-order valence-electron chi connectivity index (χ4n) is 0.823. The van der Waals surface area contributed by atoms with Gasteiger partial charge in [-0.3, -0.25) is 0 Å². The van der Waals surface area contributed by atoms with Crippen LogP contribution < -0.4 is 0 Å². The Balaban J connectivity index is 0.00000144. The van der Waals surface area contributed by atoms with Crippen LogP contribution in [0.3, 0.4) is 0 Å². The molecule has 0 saturated carbocycles. The van der Waals surface area contributed by atoms with E-state index in [2.05, 4.69) is 4.74 Å². The summed E-state index contributed by atoms with van der Waals surface area (Å²) >= 11 is 0. The standard InChI is InChI=1S/C6H8O6.Pb.2H/c7-1-2(8)5-3(9)4(10)6(11)12-5;;;/h2,5,7-10H,1H2;;;/t2-,5+;;;/m0.../s1. The number of aliphatic hydroxyl groups is 4. The molecule has 1 aliphatic heterocycles. The van der Waals surface area contributed by atoms with Crippen molar-refractivity contribution in [2.75, 3.05) is 6.61 Å². The molecule has 0 aromatic carbocycles. The molecular formula is C6H10O6Pb. The Labute approximate surface area is 93.6 Å². The zero-order valence-corrected chi connectivity index (χ0v) is 12.2. The van der Waals surface area contributed by atoms with E-state index in [0.29, 0.717) is 0 Å². The molecule has 0 amide bonds. The maximum atomic E-state index is 10.5. The summed E-state index contributed by atoms with van der Waals surface area (Å²) in [6.45, 7) is -0.671. The van der Waals surface area contributed by atoms with Crippen LogP contribution >= 0.6 is 0 Å². The third kappa shape index (κ3) is 2.32. The van der Waals surface area contributed by atoms with Crippen molar-refractivity contribution in [2.24, 2.45) is 0 Å². The van der Waals surface area contributed by atoms with E-state index in [-0.39, 0.29) is 27.3 Å². The average molecular weight is 385 g/mol. The normalized spacial score (nSPS) is 23.8. The number of carbonyl (C=O) groups is 1. The molecule has 74 valence electrons. The number of hydrogen-bond acceptors (Lipinski definition) is 6. The van der Waals surface area contributed by atoms with E-state index in [1.54, 1.807) is 0 Å². The fraction of sp³-hybridized carbons (Fsp3) is 0.500. The third-order valence-electron chi connectivity index (χ3n) is 1.48. The molecule has 0 unspecified atom stereocenters. The van der Waals surface area contributed by atoms with Gasteiger partial charge in [0.05, 0.1) is 6.61 Å². The van der Waals surface area contributed by atoms with Crippen LogP contribution in [-0.4, -0.2) is 72.5 Å². The molecule has 0 spiro atoms. The van der Waals surface area contributed by atoms with Crippen LogP contribution in [-0.2, 0) is 9.53 Å². The number of aliphatic hydroxyl groups excluding tert-OH is 4. The van der Waals surface area contributed by atoms with Gasteiger partial charge in [-0.1, -0.05) is 0 Å². The summed E-state index contributed by atoms with van der Waals surface area (Å²) in [6.07, 6.45) is -2.78. The number of hydrogen-bond donors (Lipinski definition) is 4. The summed E-state index contributed by atoms with van der Waals surface area (Å²) in [5, 5.41) is 35.0. The van der Waals surface area contributed by atoms with E-state index in [1.165, 1.54) is 0 Å². The van der Waals surface area contributed by atoms with Crippen molar-refractivity contribution in [3.05, 3.63) is 11.5 Å². The van der Waals surface area contributed by atoms with Crippen molar-refractivity contribution in [1.29, 1.82) is 0 Å². The first kappa shape index (κ1) is 12.7. The summed E-state index contributed by atoms with van der Waals surface area (Å²) in [5.74, 6) is -2.78. The molecule has 1 heterocycles. The maximum absolute atomic E-state index is 10.5. The predicted molar refractivity (Wildman–Crippen MR) is 43.8 cm³/mol. The summed E-state index contributed by atoms with van der Waals surface area (Å²) in [7, 11) is 0. The van der Waals surface area contributed by atoms with Gasteiger partial charge in [-0.25, -0.2) is 4.79 Å². The van der Waals surface area contributed by atoms with Crippen LogP contribution in [0.5, 0.6) is 0 Å². The molecule has 0 aromatic rings. The number of carbonyl (C=O) groups excluding carboxylic acids is 1. The third-order valence-corrected chi connectivity index (χ3v) is 1.48. The van der Waals surface area contributed by atoms with Gasteiger partial charge in [0.1, 0.15) is 6.10 Å². The van der Waals surface area contributed by atoms with Crippen LogP contribution in [0.25, 0.3) is 0 Å². The molecule has 2 atom stereocenters. The van der Waals surface area contributed by atoms with Gasteiger partial charge in [-0.05, 0) is 0 Å². The number of cyclic esters (lactones) is 1. The van der Waals surface area contributed by atoms with E-state index < -0.39 is 36.3 Å². The first-order valence-corrected chi connectivity index (χ1v) is 3.20. The zero-order chi connectivity index (χ0) is 9.30. The summed E-state index contributed by atoms with van der Waals surface area (Å²) < 4.78 is 4.32. The Kier molecular flexibility index (Phi) is 4.64. The van der Waals surface area contributed by atoms with Crippen LogP contribution in [0.15, 0.2) is 11.5 Å². The molecule has 0 aromatic heterocycles. The van der Waals surface area contributed by atoms with Crippen molar-refractivity contribution >= 4 is 33.3 Å². The first-order valence-electron chi connectivity index (χ1n) is 3.20. The topological polar surface area (TPSA) is 107 Å². The Morgan fingerprint density at radius 1 is 1.46 bits per heavy atom. The van der Waals surface area contributed by atoms with E-state index in [4.69, 9.17) is 20.4 Å². The minimum absolute atomic E-state index is 0. The zero-order valence-electron chi connectivity index (χ0n) is 6.67. The van der Waals surface area contributed by atoms with Crippen LogP contribution in [0.1, 0.15) is 0 Å². The van der Waals surface area contributed by atoms with Crippen molar-refractivity contribution in [1.82, 2.24) is 0 Å². The summed E-state index contributed by atoms with van der Waals surface area (Å²) in [5.41, 5.74) is 0. The van der Waals surface area contributed by atoms with Crippen LogP contribution in [0.2, 0.25) is 0 Å². The van der Waals surface area contributed by atoms with Gasteiger partial charge in [0, 0.05) is 0 Å². The first-order chi connectivity index (χ1) is 5.57. The van der Waals surface area contributed by atoms with Gasteiger partial charge in [-0.15, -0.1) is 0 Å². The number of esters is 1. The van der Waals surface area contributed by atoms with Gasteiger partial charge in [0.2, 0.25) is 5.76 Å². The molecule has 13 heavy (non-hydrogen) atoms. The summed E-state index contributed by atoms with van der Waals surface area (Å²) in [6, 6.07) is 0. The van der Waals surface area contributed by atoms with Crippen molar-refractivity contribution in [3.8, 4) is 0 Å². The Bertz CT molecular complexity index is 237. The minimum atomic E-state index is -1.42. The van der Waals surface area contributed by atoms with Gasteiger partial charge in [-0.2, -0.15) is 0 Å². The Hall–Kier alpha value is -0.348. The van der Waals surface area contributed by atoms with E-state index in [0.717, 1.165) is 0 Å². The molecule has 2 radical (unpaired) electrons. The second-order valence-corrected chi connectivity index (χ2v) is 2.31. The molecule has 0 bridgehead atoms.